The first-order chi connectivity index (χ1) is 15.5. The number of ether oxygens (including phenoxy) is 2. The SMILES string of the molecule is CC(C)OC(=O)N1CCC(Oc2ncnc3c(-c4ccc(C#N)cc4F)nccc23)CC1.Cl. The van der Waals surface area contributed by atoms with E-state index in [4.69, 9.17) is 14.7 Å². The summed E-state index contributed by atoms with van der Waals surface area (Å²) in [5.74, 6) is -0.165. The molecule has 33 heavy (non-hydrogen) atoms. The highest BCUT2D eigenvalue weighted by Crippen LogP contribution is 2.32. The van der Waals surface area contributed by atoms with E-state index in [1.165, 1.54) is 24.5 Å². The van der Waals surface area contributed by atoms with Crippen molar-refractivity contribution >= 4 is 29.4 Å². The van der Waals surface area contributed by atoms with Gasteiger partial charge in [-0.25, -0.2) is 19.2 Å². The van der Waals surface area contributed by atoms with Gasteiger partial charge in [-0.1, -0.05) is 0 Å². The smallest absolute Gasteiger partial charge is 0.410 e. The van der Waals surface area contributed by atoms with E-state index in [0.717, 1.165) is 0 Å². The van der Waals surface area contributed by atoms with Gasteiger partial charge in [0.15, 0.2) is 0 Å². The van der Waals surface area contributed by atoms with Gasteiger partial charge in [0, 0.05) is 37.7 Å². The largest absolute Gasteiger partial charge is 0.474 e. The molecule has 1 amide bonds. The Balaban J connectivity index is 0.00000306. The Hall–Kier alpha value is -3.51. The first-order valence-electron chi connectivity index (χ1n) is 10.4. The average molecular weight is 472 g/mol. The maximum Gasteiger partial charge on any atom is 0.410 e. The summed E-state index contributed by atoms with van der Waals surface area (Å²) < 4.78 is 26.0. The summed E-state index contributed by atoms with van der Waals surface area (Å²) in [7, 11) is 0. The molecule has 0 spiro atoms. The van der Waals surface area contributed by atoms with Crippen LogP contribution in [0.1, 0.15) is 32.3 Å². The van der Waals surface area contributed by atoms with E-state index in [-0.39, 0.29) is 41.8 Å². The first-order valence-corrected chi connectivity index (χ1v) is 10.4. The van der Waals surface area contributed by atoms with Crippen LogP contribution in [0.4, 0.5) is 9.18 Å². The van der Waals surface area contributed by atoms with Crippen LogP contribution >= 0.6 is 12.4 Å². The van der Waals surface area contributed by atoms with Crippen molar-refractivity contribution in [2.45, 2.75) is 38.9 Å². The van der Waals surface area contributed by atoms with Crippen LogP contribution in [0.25, 0.3) is 22.2 Å². The maximum atomic E-state index is 14.6. The topological polar surface area (TPSA) is 101 Å². The number of nitrogens with zero attached hydrogens (tertiary/aromatic N) is 5. The van der Waals surface area contributed by atoms with Crippen molar-refractivity contribution in [3.63, 3.8) is 0 Å². The second kappa shape index (κ2) is 10.4. The maximum absolute atomic E-state index is 14.6. The number of piperidine rings is 1. The van der Waals surface area contributed by atoms with Gasteiger partial charge >= 0.3 is 6.09 Å². The van der Waals surface area contributed by atoms with Crippen LogP contribution in [0.5, 0.6) is 5.88 Å². The number of pyridine rings is 1. The predicted octanol–water partition coefficient (Wildman–Crippen LogP) is 4.51. The number of carbonyl (C=O) groups is 1. The van der Waals surface area contributed by atoms with E-state index in [9.17, 15) is 9.18 Å². The van der Waals surface area contributed by atoms with Gasteiger partial charge in [0.05, 0.1) is 28.8 Å². The zero-order chi connectivity index (χ0) is 22.7. The average Bonchev–Trinajstić information content (AvgIpc) is 2.79. The van der Waals surface area contributed by atoms with Crippen molar-refractivity contribution in [2.24, 2.45) is 0 Å². The summed E-state index contributed by atoms with van der Waals surface area (Å²) in [5, 5.41) is 9.59. The van der Waals surface area contributed by atoms with Gasteiger partial charge in [-0.3, -0.25) is 4.98 Å². The lowest BCUT2D eigenvalue weighted by atomic mass is 10.1. The second-order valence-corrected chi connectivity index (χ2v) is 7.78. The molecule has 3 heterocycles. The first kappa shape index (κ1) is 24.1. The molecule has 3 aromatic rings. The molecule has 2 aromatic heterocycles. The zero-order valence-electron chi connectivity index (χ0n) is 18.2. The van der Waals surface area contributed by atoms with E-state index >= 15 is 0 Å². The Morgan fingerprint density at radius 3 is 2.64 bits per heavy atom. The number of carbonyl (C=O) groups excluding carboxylic acids is 1. The molecular formula is C23H23ClFN5O3. The minimum Gasteiger partial charge on any atom is -0.474 e. The Labute approximate surface area is 196 Å². The van der Waals surface area contributed by atoms with Gasteiger partial charge in [0.25, 0.3) is 0 Å². The van der Waals surface area contributed by atoms with E-state index in [0.29, 0.717) is 48.4 Å². The molecule has 0 unspecified atom stereocenters. The van der Waals surface area contributed by atoms with Gasteiger partial charge in [-0.2, -0.15) is 5.26 Å². The molecule has 1 fully saturated rings. The number of hydrogen-bond acceptors (Lipinski definition) is 7. The molecule has 0 bridgehead atoms. The number of hydrogen-bond donors (Lipinski definition) is 0. The molecule has 4 rings (SSSR count). The minimum absolute atomic E-state index is 0. The van der Waals surface area contributed by atoms with Crippen LogP contribution in [0.3, 0.4) is 0 Å². The Morgan fingerprint density at radius 2 is 1.97 bits per heavy atom. The number of nitriles is 1. The van der Waals surface area contributed by atoms with E-state index in [1.807, 2.05) is 19.9 Å². The Morgan fingerprint density at radius 1 is 1.21 bits per heavy atom. The molecule has 0 radical (unpaired) electrons. The minimum atomic E-state index is -0.550. The predicted molar refractivity (Wildman–Crippen MR) is 122 cm³/mol. The van der Waals surface area contributed by atoms with Crippen LogP contribution in [-0.2, 0) is 4.74 Å². The molecule has 1 saturated heterocycles. The number of likely N-dealkylation sites (tertiary alicyclic amines) is 1. The fourth-order valence-electron chi connectivity index (χ4n) is 3.62. The zero-order valence-corrected chi connectivity index (χ0v) is 19.0. The lowest BCUT2D eigenvalue weighted by Gasteiger charge is -2.31. The van der Waals surface area contributed by atoms with Crippen molar-refractivity contribution < 1.29 is 18.7 Å². The number of amides is 1. The molecule has 1 aliphatic heterocycles. The quantitative estimate of drug-likeness (QED) is 0.551. The van der Waals surface area contributed by atoms with Gasteiger partial charge < -0.3 is 14.4 Å². The van der Waals surface area contributed by atoms with Gasteiger partial charge in [-0.05, 0) is 38.1 Å². The van der Waals surface area contributed by atoms with Crippen molar-refractivity contribution in [1.29, 1.82) is 5.26 Å². The highest BCUT2D eigenvalue weighted by Gasteiger charge is 2.26. The third-order valence-electron chi connectivity index (χ3n) is 5.18. The Bertz CT molecular complexity index is 1190. The monoisotopic (exact) mass is 471 g/mol. The molecule has 172 valence electrons. The summed E-state index contributed by atoms with van der Waals surface area (Å²) >= 11 is 0. The van der Waals surface area contributed by atoms with E-state index in [2.05, 4.69) is 15.0 Å². The van der Waals surface area contributed by atoms with Crippen LogP contribution in [0.2, 0.25) is 0 Å². The molecule has 1 aliphatic rings. The van der Waals surface area contributed by atoms with Crippen molar-refractivity contribution in [2.75, 3.05) is 13.1 Å². The van der Waals surface area contributed by atoms with Crippen LogP contribution in [-0.4, -0.2) is 51.2 Å². The Kier molecular flexibility index (Phi) is 7.61. The number of benzene rings is 1. The lowest BCUT2D eigenvalue weighted by Crippen LogP contribution is -2.42. The summed E-state index contributed by atoms with van der Waals surface area (Å²) in [6.07, 6.45) is 3.59. The highest BCUT2D eigenvalue weighted by atomic mass is 35.5. The molecule has 10 heteroatoms. The number of halogens is 2. The van der Waals surface area contributed by atoms with Crippen LogP contribution in [0, 0.1) is 17.1 Å². The summed E-state index contributed by atoms with van der Waals surface area (Å²) in [6, 6.07) is 7.87. The highest BCUT2D eigenvalue weighted by molar-refractivity contribution is 5.94. The molecular weight excluding hydrogens is 449 g/mol. The number of aromatic nitrogens is 3. The van der Waals surface area contributed by atoms with Crippen LogP contribution in [0.15, 0.2) is 36.8 Å². The second-order valence-electron chi connectivity index (χ2n) is 7.78. The molecule has 1 aromatic carbocycles. The van der Waals surface area contributed by atoms with Crippen molar-refractivity contribution in [3.05, 3.63) is 48.2 Å². The van der Waals surface area contributed by atoms with Crippen molar-refractivity contribution in [3.8, 4) is 23.2 Å². The normalized spacial score (nSPS) is 14.0. The standard InChI is InChI=1S/C23H22FN5O3.ClH/c1-14(2)31-23(30)29-9-6-16(7-10-29)32-22-18-5-8-26-20(21(18)27-13-28-22)17-4-3-15(12-25)11-19(17)24;/h3-5,8,11,13-14,16H,6-7,9-10H2,1-2H3;1H. The molecule has 0 aliphatic carbocycles. The molecule has 0 atom stereocenters. The van der Waals surface area contributed by atoms with E-state index < -0.39 is 5.82 Å². The summed E-state index contributed by atoms with van der Waals surface area (Å²) in [5.41, 5.74) is 1.28. The van der Waals surface area contributed by atoms with Gasteiger partial charge in [0.1, 0.15) is 23.8 Å². The fourth-order valence-corrected chi connectivity index (χ4v) is 3.62. The summed E-state index contributed by atoms with van der Waals surface area (Å²) in [6.45, 7) is 4.70. The van der Waals surface area contributed by atoms with Gasteiger partial charge in [0.2, 0.25) is 5.88 Å². The number of fused-ring (bicyclic) bond motifs is 1. The third-order valence-corrected chi connectivity index (χ3v) is 5.18. The van der Waals surface area contributed by atoms with Crippen molar-refractivity contribution in [1.82, 2.24) is 19.9 Å². The summed E-state index contributed by atoms with van der Waals surface area (Å²) in [4.78, 5) is 26.6. The molecule has 8 nitrogen and oxygen atoms in total. The third kappa shape index (κ3) is 5.29. The number of rotatable bonds is 4. The van der Waals surface area contributed by atoms with Crippen LogP contribution < -0.4 is 4.74 Å². The van der Waals surface area contributed by atoms with Gasteiger partial charge in [-0.15, -0.1) is 12.4 Å². The lowest BCUT2D eigenvalue weighted by molar-refractivity contribution is 0.0511. The molecule has 0 saturated carbocycles. The fraction of sp³-hybridized carbons (Fsp3) is 0.348. The van der Waals surface area contributed by atoms with E-state index in [1.54, 1.807) is 17.2 Å². The molecule has 0 N–H and O–H groups in total.